The van der Waals surface area contributed by atoms with Gasteiger partial charge in [-0.25, -0.2) is 0 Å². The van der Waals surface area contributed by atoms with Crippen LogP contribution in [0.15, 0.2) is 55.1 Å². The van der Waals surface area contributed by atoms with Crippen LogP contribution in [0, 0.1) is 0 Å². The van der Waals surface area contributed by atoms with Crippen molar-refractivity contribution in [2.24, 2.45) is 5.73 Å². The summed E-state index contributed by atoms with van der Waals surface area (Å²) in [5.74, 6) is 0.997. The van der Waals surface area contributed by atoms with Crippen molar-refractivity contribution in [3.05, 3.63) is 71.8 Å². The standard InChI is InChI=1S/C22H24N2O2/c1-16(18-5-3-2-4-6-18)21(25)24-11-9-22(10-12-24)15-26-20-8-7-17(14-23)13-19(20)22/h2-8,13H,1,9-12,14-15,23H2. The molecule has 1 fully saturated rings. The number of nitrogens with two attached hydrogens (primary N) is 1. The van der Waals surface area contributed by atoms with Crippen LogP contribution >= 0.6 is 0 Å². The fourth-order valence-electron chi connectivity index (χ4n) is 4.04. The summed E-state index contributed by atoms with van der Waals surface area (Å²) < 4.78 is 5.94. The van der Waals surface area contributed by atoms with Gasteiger partial charge in [-0.1, -0.05) is 49.0 Å². The summed E-state index contributed by atoms with van der Waals surface area (Å²) in [6.45, 7) is 6.69. The molecule has 1 amide bonds. The van der Waals surface area contributed by atoms with Gasteiger partial charge in [-0.05, 0) is 30.0 Å². The van der Waals surface area contributed by atoms with Crippen LogP contribution in [-0.4, -0.2) is 30.5 Å². The maximum atomic E-state index is 12.8. The topological polar surface area (TPSA) is 55.6 Å². The SMILES string of the molecule is C=C(C(=O)N1CCC2(CC1)COc1ccc(CN)cc12)c1ccccc1. The predicted molar refractivity (Wildman–Crippen MR) is 103 cm³/mol. The van der Waals surface area contributed by atoms with Gasteiger partial charge in [-0.3, -0.25) is 4.79 Å². The molecule has 2 aromatic rings. The van der Waals surface area contributed by atoms with Crippen LogP contribution in [0.25, 0.3) is 5.57 Å². The quantitative estimate of drug-likeness (QED) is 0.867. The van der Waals surface area contributed by atoms with Gasteiger partial charge in [0.25, 0.3) is 5.91 Å². The lowest BCUT2D eigenvalue weighted by Gasteiger charge is -2.39. The fraction of sp³-hybridized carbons (Fsp3) is 0.318. The molecule has 0 radical (unpaired) electrons. The summed E-state index contributed by atoms with van der Waals surface area (Å²) >= 11 is 0. The van der Waals surface area contributed by atoms with Crippen molar-refractivity contribution in [1.82, 2.24) is 4.90 Å². The first-order chi connectivity index (χ1) is 12.6. The number of hydrogen-bond donors (Lipinski definition) is 1. The molecule has 0 unspecified atom stereocenters. The molecule has 4 nitrogen and oxygen atoms in total. The molecule has 134 valence electrons. The molecule has 0 atom stereocenters. The number of carbonyl (C=O) groups excluding carboxylic acids is 1. The lowest BCUT2D eigenvalue weighted by molar-refractivity contribution is -0.126. The Labute approximate surface area is 154 Å². The number of benzene rings is 2. The number of amides is 1. The summed E-state index contributed by atoms with van der Waals surface area (Å²) in [6, 6.07) is 15.9. The van der Waals surface area contributed by atoms with Gasteiger partial charge < -0.3 is 15.4 Å². The number of piperidine rings is 1. The Bertz CT molecular complexity index is 836. The van der Waals surface area contributed by atoms with Crippen LogP contribution in [0.3, 0.4) is 0 Å². The Morgan fingerprint density at radius 1 is 1.15 bits per heavy atom. The first kappa shape index (κ1) is 16.9. The minimum atomic E-state index is 0.00533. The van der Waals surface area contributed by atoms with E-state index in [0.717, 1.165) is 42.8 Å². The molecular weight excluding hydrogens is 324 g/mol. The average molecular weight is 348 g/mol. The molecule has 1 saturated heterocycles. The van der Waals surface area contributed by atoms with E-state index in [0.29, 0.717) is 18.7 Å². The van der Waals surface area contributed by atoms with Crippen molar-refractivity contribution < 1.29 is 9.53 Å². The van der Waals surface area contributed by atoms with E-state index in [2.05, 4.69) is 12.6 Å². The second kappa shape index (κ2) is 6.61. The monoisotopic (exact) mass is 348 g/mol. The molecule has 2 N–H and O–H groups in total. The zero-order chi connectivity index (χ0) is 18.1. The first-order valence-electron chi connectivity index (χ1n) is 9.13. The van der Waals surface area contributed by atoms with Gasteiger partial charge in [0, 0.05) is 36.2 Å². The third-order valence-corrected chi connectivity index (χ3v) is 5.74. The summed E-state index contributed by atoms with van der Waals surface area (Å²) in [5, 5.41) is 0. The Kier molecular flexibility index (Phi) is 4.29. The molecule has 4 heteroatoms. The number of likely N-dealkylation sites (tertiary alicyclic amines) is 1. The zero-order valence-corrected chi connectivity index (χ0v) is 14.9. The van der Waals surface area contributed by atoms with Crippen molar-refractivity contribution >= 4 is 11.5 Å². The molecule has 0 aliphatic carbocycles. The molecule has 4 rings (SSSR count). The van der Waals surface area contributed by atoms with Crippen molar-refractivity contribution in [1.29, 1.82) is 0 Å². The second-order valence-corrected chi connectivity index (χ2v) is 7.24. The van der Waals surface area contributed by atoms with Crippen molar-refractivity contribution in [3.63, 3.8) is 0 Å². The number of rotatable bonds is 3. The number of hydrogen-bond acceptors (Lipinski definition) is 3. The summed E-state index contributed by atoms with van der Waals surface area (Å²) in [6.07, 6.45) is 1.81. The van der Waals surface area contributed by atoms with Gasteiger partial charge in [-0.15, -0.1) is 0 Å². The van der Waals surface area contributed by atoms with E-state index in [1.165, 1.54) is 5.56 Å². The number of ether oxygens (including phenoxy) is 1. The van der Waals surface area contributed by atoms with Crippen LogP contribution in [0.2, 0.25) is 0 Å². The normalized spacial score (nSPS) is 17.7. The lowest BCUT2D eigenvalue weighted by Crippen LogP contribution is -2.46. The van der Waals surface area contributed by atoms with E-state index in [1.807, 2.05) is 47.4 Å². The van der Waals surface area contributed by atoms with Gasteiger partial charge in [0.05, 0.1) is 6.61 Å². The van der Waals surface area contributed by atoms with Gasteiger partial charge in [0.2, 0.25) is 0 Å². The largest absolute Gasteiger partial charge is 0.492 e. The van der Waals surface area contributed by atoms with Crippen molar-refractivity contribution in [3.8, 4) is 5.75 Å². The van der Waals surface area contributed by atoms with E-state index in [1.54, 1.807) is 0 Å². The number of fused-ring (bicyclic) bond motifs is 2. The molecule has 2 aromatic carbocycles. The maximum Gasteiger partial charge on any atom is 0.253 e. The Hall–Kier alpha value is -2.59. The fourth-order valence-corrected chi connectivity index (χ4v) is 4.04. The smallest absolute Gasteiger partial charge is 0.253 e. The van der Waals surface area contributed by atoms with E-state index in [4.69, 9.17) is 10.5 Å². The van der Waals surface area contributed by atoms with Crippen LogP contribution in [0.1, 0.15) is 29.5 Å². The van der Waals surface area contributed by atoms with Crippen LogP contribution < -0.4 is 10.5 Å². The first-order valence-corrected chi connectivity index (χ1v) is 9.13. The summed E-state index contributed by atoms with van der Waals surface area (Å²) in [5.41, 5.74) is 9.66. The molecule has 0 saturated carbocycles. The second-order valence-electron chi connectivity index (χ2n) is 7.24. The number of nitrogens with zero attached hydrogens (tertiary/aromatic N) is 1. The van der Waals surface area contributed by atoms with Crippen LogP contribution in [-0.2, 0) is 16.8 Å². The number of carbonyl (C=O) groups is 1. The van der Waals surface area contributed by atoms with Gasteiger partial charge in [-0.2, -0.15) is 0 Å². The van der Waals surface area contributed by atoms with Crippen LogP contribution in [0.4, 0.5) is 0 Å². The van der Waals surface area contributed by atoms with Crippen LogP contribution in [0.5, 0.6) is 5.75 Å². The van der Waals surface area contributed by atoms with E-state index in [9.17, 15) is 4.79 Å². The highest BCUT2D eigenvalue weighted by molar-refractivity contribution is 6.18. The Morgan fingerprint density at radius 3 is 2.58 bits per heavy atom. The summed E-state index contributed by atoms with van der Waals surface area (Å²) in [7, 11) is 0. The Morgan fingerprint density at radius 2 is 1.88 bits per heavy atom. The average Bonchev–Trinajstić information content (AvgIpc) is 3.05. The minimum Gasteiger partial charge on any atom is -0.492 e. The molecule has 0 bridgehead atoms. The molecule has 26 heavy (non-hydrogen) atoms. The third-order valence-electron chi connectivity index (χ3n) is 5.74. The van der Waals surface area contributed by atoms with Crippen molar-refractivity contribution in [2.75, 3.05) is 19.7 Å². The molecule has 1 spiro atoms. The molecule has 0 aromatic heterocycles. The van der Waals surface area contributed by atoms with E-state index >= 15 is 0 Å². The highest BCUT2D eigenvalue weighted by Gasteiger charge is 2.44. The van der Waals surface area contributed by atoms with E-state index < -0.39 is 0 Å². The zero-order valence-electron chi connectivity index (χ0n) is 14.9. The highest BCUT2D eigenvalue weighted by Crippen LogP contribution is 2.46. The molecule has 2 heterocycles. The summed E-state index contributed by atoms with van der Waals surface area (Å²) in [4.78, 5) is 14.7. The van der Waals surface area contributed by atoms with Gasteiger partial charge in [0.15, 0.2) is 0 Å². The molecule has 2 aliphatic heterocycles. The molecule has 2 aliphatic rings. The Balaban J connectivity index is 1.49. The maximum absolute atomic E-state index is 12.8. The third kappa shape index (κ3) is 2.80. The highest BCUT2D eigenvalue weighted by atomic mass is 16.5. The van der Waals surface area contributed by atoms with E-state index in [-0.39, 0.29) is 11.3 Å². The molecular formula is C22H24N2O2. The van der Waals surface area contributed by atoms with Gasteiger partial charge >= 0.3 is 0 Å². The minimum absolute atomic E-state index is 0.00533. The van der Waals surface area contributed by atoms with Crippen molar-refractivity contribution in [2.45, 2.75) is 24.8 Å². The lowest BCUT2D eigenvalue weighted by atomic mass is 9.74. The van der Waals surface area contributed by atoms with Gasteiger partial charge in [0.1, 0.15) is 5.75 Å². The predicted octanol–water partition coefficient (Wildman–Crippen LogP) is 3.11.